The molecule has 1 spiro atoms. The Morgan fingerprint density at radius 2 is 1.74 bits per heavy atom. The molecule has 2 atom stereocenters. The summed E-state index contributed by atoms with van der Waals surface area (Å²) in [5.41, 5.74) is 1.95. The highest BCUT2D eigenvalue weighted by atomic mass is 16.5. The maximum absolute atomic E-state index is 13.6. The molecule has 1 saturated heterocycles. The summed E-state index contributed by atoms with van der Waals surface area (Å²) in [6.07, 6.45) is 2.42. The number of benzene rings is 2. The molecule has 0 N–H and O–H groups in total. The van der Waals surface area contributed by atoms with Gasteiger partial charge in [0.1, 0.15) is 5.41 Å². The molecule has 0 bridgehead atoms. The maximum atomic E-state index is 13.6. The van der Waals surface area contributed by atoms with E-state index in [0.717, 1.165) is 42.6 Å². The quantitative estimate of drug-likeness (QED) is 0.709. The third-order valence-corrected chi connectivity index (χ3v) is 7.50. The molecule has 0 aromatic heterocycles. The number of ether oxygens (including phenoxy) is 3. The summed E-state index contributed by atoms with van der Waals surface area (Å²) in [5, 5.41) is 0. The normalized spacial score (nSPS) is 26.7. The van der Waals surface area contributed by atoms with Gasteiger partial charge in [0, 0.05) is 18.5 Å². The van der Waals surface area contributed by atoms with Crippen LogP contribution >= 0.6 is 0 Å². The van der Waals surface area contributed by atoms with Crippen molar-refractivity contribution < 1.29 is 23.8 Å². The van der Waals surface area contributed by atoms with Crippen LogP contribution in [0.1, 0.15) is 46.3 Å². The van der Waals surface area contributed by atoms with E-state index in [1.807, 2.05) is 36.4 Å². The van der Waals surface area contributed by atoms with Crippen LogP contribution in [0.25, 0.3) is 0 Å². The van der Waals surface area contributed by atoms with Gasteiger partial charge in [-0.2, -0.15) is 0 Å². The van der Waals surface area contributed by atoms with Gasteiger partial charge < -0.3 is 14.2 Å². The van der Waals surface area contributed by atoms with Gasteiger partial charge in [-0.15, -0.1) is 0 Å². The van der Waals surface area contributed by atoms with Crippen molar-refractivity contribution in [2.24, 2.45) is 5.41 Å². The fraction of sp³-hybridized carbons (Fsp3) is 0.440. The van der Waals surface area contributed by atoms with Crippen LogP contribution in [0.2, 0.25) is 0 Å². The molecule has 3 aliphatic rings. The largest absolute Gasteiger partial charge is 0.493 e. The van der Waals surface area contributed by atoms with Gasteiger partial charge in [-0.25, -0.2) is 0 Å². The Balaban J connectivity index is 1.93. The number of methoxy groups -OCH3 is 3. The lowest BCUT2D eigenvalue weighted by atomic mass is 9.50. The van der Waals surface area contributed by atoms with Gasteiger partial charge in [-0.05, 0) is 54.6 Å². The molecular weight excluding hydrogens is 394 g/mol. The number of nitrogens with zero attached hydrogens (tertiary/aromatic N) is 1. The molecule has 162 valence electrons. The molecule has 2 aliphatic heterocycles. The van der Waals surface area contributed by atoms with E-state index in [4.69, 9.17) is 14.2 Å². The van der Waals surface area contributed by atoms with Crippen LogP contribution in [0.5, 0.6) is 11.5 Å². The van der Waals surface area contributed by atoms with Crippen molar-refractivity contribution in [2.75, 3.05) is 34.4 Å². The summed E-state index contributed by atoms with van der Waals surface area (Å²) in [7, 11) is 4.67. The number of hydrogen-bond acceptors (Lipinski definition) is 6. The molecule has 2 aromatic rings. The fourth-order valence-electron chi connectivity index (χ4n) is 6.37. The highest BCUT2D eigenvalue weighted by molar-refractivity contribution is 6.04. The standard InChI is InChI=1S/C25H27NO5/c1-29-21-13-16-9-12-26-11-6-10-24(23(28)31-3)15-20(27)17-7-4-5-8-18(17)25(24,26)19(16)14-22(21)30-2/h4-5,7-8,13-14H,6,9-12,15H2,1-3H3/t24-,25-/m1/s1. The zero-order chi connectivity index (χ0) is 21.8. The van der Waals surface area contributed by atoms with Crippen molar-refractivity contribution in [3.8, 4) is 11.5 Å². The van der Waals surface area contributed by atoms with Gasteiger partial charge in [0.15, 0.2) is 17.3 Å². The summed E-state index contributed by atoms with van der Waals surface area (Å²) < 4.78 is 16.6. The van der Waals surface area contributed by atoms with E-state index in [1.54, 1.807) is 14.2 Å². The van der Waals surface area contributed by atoms with Crippen LogP contribution in [0.3, 0.4) is 0 Å². The molecule has 1 aliphatic carbocycles. The molecule has 6 heteroatoms. The van der Waals surface area contributed by atoms with Gasteiger partial charge in [0.25, 0.3) is 0 Å². The second-order valence-electron chi connectivity index (χ2n) is 8.63. The highest BCUT2D eigenvalue weighted by Gasteiger charge is 2.68. The smallest absolute Gasteiger partial charge is 0.314 e. The van der Waals surface area contributed by atoms with Crippen molar-refractivity contribution in [3.63, 3.8) is 0 Å². The van der Waals surface area contributed by atoms with Crippen LogP contribution in [0, 0.1) is 5.41 Å². The minimum atomic E-state index is -0.986. The maximum Gasteiger partial charge on any atom is 0.314 e. The fourth-order valence-corrected chi connectivity index (χ4v) is 6.37. The molecule has 2 heterocycles. The van der Waals surface area contributed by atoms with E-state index in [1.165, 1.54) is 7.11 Å². The molecule has 6 nitrogen and oxygen atoms in total. The highest BCUT2D eigenvalue weighted by Crippen LogP contribution is 2.63. The Kier molecular flexibility index (Phi) is 4.59. The summed E-state index contributed by atoms with van der Waals surface area (Å²) in [4.78, 5) is 29.3. The van der Waals surface area contributed by atoms with Crippen molar-refractivity contribution in [1.29, 1.82) is 0 Å². The van der Waals surface area contributed by atoms with Crippen molar-refractivity contribution in [3.05, 3.63) is 58.7 Å². The van der Waals surface area contributed by atoms with Crippen molar-refractivity contribution in [2.45, 2.75) is 31.2 Å². The van der Waals surface area contributed by atoms with E-state index in [-0.39, 0.29) is 18.2 Å². The number of fused-ring (bicyclic) bond motifs is 2. The van der Waals surface area contributed by atoms with E-state index >= 15 is 0 Å². The van der Waals surface area contributed by atoms with E-state index in [9.17, 15) is 9.59 Å². The van der Waals surface area contributed by atoms with Crippen molar-refractivity contribution >= 4 is 11.8 Å². The zero-order valence-corrected chi connectivity index (χ0v) is 18.2. The number of carbonyl (C=O) groups excluding carboxylic acids is 2. The lowest BCUT2D eigenvalue weighted by Crippen LogP contribution is -2.69. The first-order valence-electron chi connectivity index (χ1n) is 10.7. The minimum Gasteiger partial charge on any atom is -0.493 e. The molecule has 0 unspecified atom stereocenters. The number of esters is 1. The van der Waals surface area contributed by atoms with Crippen molar-refractivity contribution in [1.82, 2.24) is 4.90 Å². The number of ketones is 1. The SMILES string of the molecule is COC(=O)[C@]12CCCN3CCc4cc(OC)c(OC)cc4[C@@]31c1ccccc1C(=O)C2. The molecule has 5 rings (SSSR count). The van der Waals surface area contributed by atoms with Crippen LogP contribution in [0.15, 0.2) is 36.4 Å². The van der Waals surface area contributed by atoms with Gasteiger partial charge in [0.2, 0.25) is 0 Å². The topological polar surface area (TPSA) is 65.1 Å². The number of Topliss-reactive ketones (excluding diaryl/α,β-unsaturated/α-hetero) is 1. The average molecular weight is 421 g/mol. The second-order valence-corrected chi connectivity index (χ2v) is 8.63. The zero-order valence-electron chi connectivity index (χ0n) is 18.2. The summed E-state index contributed by atoms with van der Waals surface area (Å²) >= 11 is 0. The Hall–Kier alpha value is -2.86. The number of piperidine rings is 1. The second kappa shape index (κ2) is 7.09. The number of rotatable bonds is 3. The lowest BCUT2D eigenvalue weighted by molar-refractivity contribution is -0.171. The van der Waals surface area contributed by atoms with Gasteiger partial charge in [-0.1, -0.05) is 24.3 Å². The Morgan fingerprint density at radius 3 is 2.48 bits per heavy atom. The first-order valence-corrected chi connectivity index (χ1v) is 10.7. The summed E-state index contributed by atoms with van der Waals surface area (Å²) in [5.74, 6) is 0.978. The summed E-state index contributed by atoms with van der Waals surface area (Å²) in [6, 6.07) is 11.8. The third kappa shape index (κ3) is 2.42. The molecule has 1 fully saturated rings. The minimum absolute atomic E-state index is 0.000996. The number of hydrogen-bond donors (Lipinski definition) is 0. The number of carbonyl (C=O) groups is 2. The van der Waals surface area contributed by atoms with E-state index in [0.29, 0.717) is 23.5 Å². The molecule has 0 radical (unpaired) electrons. The predicted octanol–water partition coefficient (Wildman–Crippen LogP) is 3.35. The molecule has 0 amide bonds. The van der Waals surface area contributed by atoms with Crippen LogP contribution in [-0.2, 0) is 21.5 Å². The first kappa shape index (κ1) is 20.1. The molecule has 31 heavy (non-hydrogen) atoms. The Morgan fingerprint density at radius 1 is 1.00 bits per heavy atom. The van der Waals surface area contributed by atoms with Crippen LogP contribution in [-0.4, -0.2) is 51.1 Å². The third-order valence-electron chi connectivity index (χ3n) is 7.50. The molecular formula is C25H27NO5. The monoisotopic (exact) mass is 421 g/mol. The van der Waals surface area contributed by atoms with Crippen LogP contribution < -0.4 is 9.47 Å². The summed E-state index contributed by atoms with van der Waals surface area (Å²) in [6.45, 7) is 1.65. The average Bonchev–Trinajstić information content (AvgIpc) is 2.81. The Labute approximate surface area is 182 Å². The van der Waals surface area contributed by atoms with Gasteiger partial charge in [0.05, 0.1) is 26.9 Å². The van der Waals surface area contributed by atoms with E-state index < -0.39 is 11.0 Å². The first-order chi connectivity index (χ1) is 15.0. The molecule has 0 saturated carbocycles. The van der Waals surface area contributed by atoms with Gasteiger partial charge in [-0.3, -0.25) is 14.5 Å². The van der Waals surface area contributed by atoms with E-state index in [2.05, 4.69) is 4.90 Å². The Bertz CT molecular complexity index is 1080. The lowest BCUT2D eigenvalue weighted by Gasteiger charge is -2.62. The van der Waals surface area contributed by atoms with Crippen LogP contribution in [0.4, 0.5) is 0 Å². The predicted molar refractivity (Wildman–Crippen MR) is 115 cm³/mol. The van der Waals surface area contributed by atoms with Gasteiger partial charge >= 0.3 is 5.97 Å². The molecule has 2 aromatic carbocycles.